The number of amides is 2. The molecule has 0 unspecified atom stereocenters. The third-order valence-electron chi connectivity index (χ3n) is 5.08. The van der Waals surface area contributed by atoms with Crippen molar-refractivity contribution in [3.8, 4) is 0 Å². The van der Waals surface area contributed by atoms with Crippen LogP contribution in [0, 0.1) is 5.82 Å². The summed E-state index contributed by atoms with van der Waals surface area (Å²) in [6, 6.07) is 11.1. The number of ketones is 1. The Kier molecular flexibility index (Phi) is 4.75. The molecular weight excluding hydrogens is 375 g/mol. The summed E-state index contributed by atoms with van der Waals surface area (Å²) in [6.07, 6.45) is 1.35. The molecule has 1 fully saturated rings. The number of aromatic amines is 1. The lowest BCUT2D eigenvalue weighted by Gasteiger charge is -2.34. The van der Waals surface area contributed by atoms with Gasteiger partial charge in [0.1, 0.15) is 5.82 Å². The van der Waals surface area contributed by atoms with Gasteiger partial charge in [-0.15, -0.1) is 0 Å². The van der Waals surface area contributed by atoms with Crippen LogP contribution in [0.4, 0.5) is 10.1 Å². The van der Waals surface area contributed by atoms with E-state index in [-0.39, 0.29) is 29.9 Å². The van der Waals surface area contributed by atoms with E-state index in [4.69, 9.17) is 5.73 Å². The van der Waals surface area contributed by atoms with Crippen molar-refractivity contribution in [1.29, 1.82) is 0 Å². The Morgan fingerprint density at radius 3 is 2.38 bits per heavy atom. The van der Waals surface area contributed by atoms with Gasteiger partial charge in [0.2, 0.25) is 0 Å². The molecule has 2 amide bonds. The average molecular weight is 394 g/mol. The average Bonchev–Trinajstić information content (AvgIpc) is 3.18. The Labute approximate surface area is 165 Å². The van der Waals surface area contributed by atoms with E-state index in [9.17, 15) is 18.8 Å². The molecule has 2 aromatic carbocycles. The number of anilines is 1. The Bertz CT molecular complexity index is 1120. The van der Waals surface area contributed by atoms with E-state index in [1.54, 1.807) is 35.2 Å². The van der Waals surface area contributed by atoms with E-state index >= 15 is 0 Å². The summed E-state index contributed by atoms with van der Waals surface area (Å²) in [5.41, 5.74) is 7.18. The zero-order chi connectivity index (χ0) is 20.5. The van der Waals surface area contributed by atoms with E-state index in [1.807, 2.05) is 0 Å². The summed E-state index contributed by atoms with van der Waals surface area (Å²) in [4.78, 5) is 43.8. The lowest BCUT2D eigenvalue weighted by molar-refractivity contribution is -0.127. The number of H-pyrrole nitrogens is 1. The van der Waals surface area contributed by atoms with Crippen molar-refractivity contribution in [2.75, 3.05) is 31.9 Å². The molecule has 8 heteroatoms. The second-order valence-electron chi connectivity index (χ2n) is 6.90. The molecule has 3 N–H and O–H groups in total. The van der Waals surface area contributed by atoms with E-state index < -0.39 is 17.5 Å². The molecule has 1 aliphatic rings. The van der Waals surface area contributed by atoms with Crippen molar-refractivity contribution in [3.05, 3.63) is 65.6 Å². The van der Waals surface area contributed by atoms with Crippen LogP contribution in [-0.2, 0) is 4.79 Å². The Balaban J connectivity index is 1.45. The molecule has 1 aromatic heterocycles. The van der Waals surface area contributed by atoms with Gasteiger partial charge in [-0.1, -0.05) is 12.1 Å². The third-order valence-corrected chi connectivity index (χ3v) is 5.08. The highest BCUT2D eigenvalue weighted by Crippen LogP contribution is 2.23. The highest BCUT2D eigenvalue weighted by Gasteiger charge is 2.30. The minimum absolute atomic E-state index is 0.0152. The van der Waals surface area contributed by atoms with Gasteiger partial charge in [0.25, 0.3) is 17.6 Å². The number of halogens is 1. The fourth-order valence-corrected chi connectivity index (χ4v) is 3.55. The smallest absolute Gasteiger partial charge is 0.295 e. The van der Waals surface area contributed by atoms with Gasteiger partial charge in [-0.2, -0.15) is 0 Å². The van der Waals surface area contributed by atoms with E-state index in [0.29, 0.717) is 29.9 Å². The topological polar surface area (TPSA) is 99.5 Å². The lowest BCUT2D eigenvalue weighted by atomic mass is 10.1. The number of hydrogen-bond donors (Lipinski definition) is 2. The van der Waals surface area contributed by atoms with Crippen LogP contribution in [0.3, 0.4) is 0 Å². The second-order valence-corrected chi connectivity index (χ2v) is 6.90. The number of carbonyl (C=O) groups is 3. The largest absolute Gasteiger partial charge is 0.399 e. The van der Waals surface area contributed by atoms with Gasteiger partial charge in [-0.3, -0.25) is 14.4 Å². The van der Waals surface area contributed by atoms with Gasteiger partial charge in [-0.25, -0.2) is 4.39 Å². The number of nitrogen functional groups attached to an aromatic ring is 1. The van der Waals surface area contributed by atoms with Gasteiger partial charge in [0.05, 0.1) is 5.56 Å². The first kappa shape index (κ1) is 18.7. The first-order chi connectivity index (χ1) is 14.0. The molecule has 0 atom stereocenters. The molecule has 0 radical (unpaired) electrons. The number of rotatable bonds is 3. The molecule has 29 heavy (non-hydrogen) atoms. The molecular formula is C21H19FN4O3. The van der Waals surface area contributed by atoms with Crippen LogP contribution in [0.1, 0.15) is 20.7 Å². The predicted octanol–water partition coefficient (Wildman–Crippen LogP) is 2.06. The van der Waals surface area contributed by atoms with Crippen LogP contribution in [-0.4, -0.2) is 58.6 Å². The number of piperazine rings is 1. The normalized spacial score (nSPS) is 14.2. The van der Waals surface area contributed by atoms with Crippen LogP contribution < -0.4 is 5.73 Å². The molecule has 1 aliphatic heterocycles. The molecule has 0 spiro atoms. The lowest BCUT2D eigenvalue weighted by Crippen LogP contribution is -2.52. The number of carbonyl (C=O) groups excluding carboxylic acids is 3. The summed E-state index contributed by atoms with van der Waals surface area (Å²) in [6.45, 7) is 1.05. The fraction of sp³-hybridized carbons (Fsp3) is 0.190. The maximum Gasteiger partial charge on any atom is 0.295 e. The minimum atomic E-state index is -0.767. The number of nitrogens with two attached hydrogens (primary N) is 1. The van der Waals surface area contributed by atoms with Crippen molar-refractivity contribution < 1.29 is 18.8 Å². The van der Waals surface area contributed by atoms with Crippen molar-refractivity contribution in [2.45, 2.75) is 0 Å². The standard InChI is InChI=1S/C21H19FN4O3/c22-16-5-2-6-17-18(16)15(12-24-17)19(27)21(29)26-9-7-25(8-10-26)20(28)13-3-1-4-14(23)11-13/h1-6,11-12,24H,7-10,23H2. The van der Waals surface area contributed by atoms with Gasteiger partial charge in [0.15, 0.2) is 0 Å². The van der Waals surface area contributed by atoms with Crippen LogP contribution in [0.2, 0.25) is 0 Å². The van der Waals surface area contributed by atoms with Crippen LogP contribution >= 0.6 is 0 Å². The number of hydrogen-bond acceptors (Lipinski definition) is 4. The molecule has 7 nitrogen and oxygen atoms in total. The summed E-state index contributed by atoms with van der Waals surface area (Å²) >= 11 is 0. The van der Waals surface area contributed by atoms with Crippen molar-refractivity contribution in [3.63, 3.8) is 0 Å². The highest BCUT2D eigenvalue weighted by atomic mass is 19.1. The van der Waals surface area contributed by atoms with Gasteiger partial charge in [-0.05, 0) is 30.3 Å². The van der Waals surface area contributed by atoms with Gasteiger partial charge < -0.3 is 20.5 Å². The van der Waals surface area contributed by atoms with Gasteiger partial charge in [0, 0.05) is 54.5 Å². The quantitative estimate of drug-likeness (QED) is 0.403. The summed E-state index contributed by atoms with van der Waals surface area (Å²) in [5, 5.41) is 0.112. The molecule has 2 heterocycles. The first-order valence-corrected chi connectivity index (χ1v) is 9.19. The van der Waals surface area contributed by atoms with E-state index in [1.165, 1.54) is 23.2 Å². The zero-order valence-corrected chi connectivity index (χ0v) is 15.5. The van der Waals surface area contributed by atoms with Crippen molar-refractivity contribution in [1.82, 2.24) is 14.8 Å². The SMILES string of the molecule is Nc1cccc(C(=O)N2CCN(C(=O)C(=O)c3c[nH]c4cccc(F)c34)CC2)c1. The number of fused-ring (bicyclic) bond motifs is 1. The number of aromatic nitrogens is 1. The molecule has 3 aromatic rings. The molecule has 0 saturated carbocycles. The number of nitrogens with zero attached hydrogens (tertiary/aromatic N) is 2. The molecule has 4 rings (SSSR count). The van der Waals surface area contributed by atoms with Crippen LogP contribution in [0.25, 0.3) is 10.9 Å². The monoisotopic (exact) mass is 394 g/mol. The number of nitrogens with one attached hydrogen (secondary N) is 1. The maximum absolute atomic E-state index is 14.1. The Morgan fingerprint density at radius 2 is 1.66 bits per heavy atom. The predicted molar refractivity (Wildman–Crippen MR) is 106 cm³/mol. The van der Waals surface area contributed by atoms with Crippen LogP contribution in [0.5, 0.6) is 0 Å². The highest BCUT2D eigenvalue weighted by molar-refractivity contribution is 6.44. The number of Topliss-reactive ketones (excluding diaryl/α,β-unsaturated/α-hetero) is 1. The van der Waals surface area contributed by atoms with E-state index in [2.05, 4.69) is 4.98 Å². The fourth-order valence-electron chi connectivity index (χ4n) is 3.55. The summed E-state index contributed by atoms with van der Waals surface area (Å²) in [7, 11) is 0. The molecule has 0 bridgehead atoms. The third kappa shape index (κ3) is 3.44. The Hall–Kier alpha value is -3.68. The molecule has 0 aliphatic carbocycles. The Morgan fingerprint density at radius 1 is 0.966 bits per heavy atom. The first-order valence-electron chi connectivity index (χ1n) is 9.19. The second kappa shape index (κ2) is 7.38. The van der Waals surface area contributed by atoms with Crippen molar-refractivity contribution in [2.24, 2.45) is 0 Å². The number of benzene rings is 2. The molecule has 1 saturated heterocycles. The van der Waals surface area contributed by atoms with Crippen LogP contribution in [0.15, 0.2) is 48.7 Å². The minimum Gasteiger partial charge on any atom is -0.399 e. The van der Waals surface area contributed by atoms with Gasteiger partial charge >= 0.3 is 0 Å². The maximum atomic E-state index is 14.1. The summed E-state index contributed by atoms with van der Waals surface area (Å²) < 4.78 is 14.1. The van der Waals surface area contributed by atoms with Crippen molar-refractivity contribution >= 4 is 34.2 Å². The van der Waals surface area contributed by atoms with E-state index in [0.717, 1.165) is 0 Å². The zero-order valence-electron chi connectivity index (χ0n) is 15.5. The molecule has 148 valence electrons. The summed E-state index contributed by atoms with van der Waals surface area (Å²) in [5.74, 6) is -2.20.